The minimum atomic E-state index is -0.0658. The Morgan fingerprint density at radius 2 is 2.13 bits per heavy atom. The minimum Gasteiger partial charge on any atom is -0.378 e. The number of carbonyl (C=O) groups excluding carboxylic acids is 1. The predicted octanol–water partition coefficient (Wildman–Crippen LogP) is 2.35. The van der Waals surface area contributed by atoms with Crippen molar-refractivity contribution in [2.45, 2.75) is 13.3 Å². The average molecular weight is 497 g/mol. The molecule has 1 aliphatic heterocycles. The van der Waals surface area contributed by atoms with E-state index in [9.17, 15) is 4.79 Å². The van der Waals surface area contributed by atoms with Crippen LogP contribution in [0.25, 0.3) is 0 Å². The SMILES string of the molecule is Cc1cc(Br)ccc1NC(=O)CCN=C(N)N1CCOCC1.I. The van der Waals surface area contributed by atoms with Gasteiger partial charge in [-0.25, -0.2) is 0 Å². The third kappa shape index (κ3) is 6.64. The number of amides is 1. The van der Waals surface area contributed by atoms with Crippen LogP contribution in [0, 0.1) is 6.92 Å². The summed E-state index contributed by atoms with van der Waals surface area (Å²) in [6.07, 6.45) is 0.306. The number of hydrogen-bond acceptors (Lipinski definition) is 3. The van der Waals surface area contributed by atoms with Gasteiger partial charge in [-0.1, -0.05) is 15.9 Å². The molecule has 128 valence electrons. The fourth-order valence-electron chi connectivity index (χ4n) is 2.14. The second-order valence-electron chi connectivity index (χ2n) is 5.10. The smallest absolute Gasteiger partial charge is 0.226 e. The Labute approximate surface area is 162 Å². The van der Waals surface area contributed by atoms with Crippen molar-refractivity contribution in [2.24, 2.45) is 10.7 Å². The molecule has 6 nitrogen and oxygen atoms in total. The topological polar surface area (TPSA) is 80.0 Å². The van der Waals surface area contributed by atoms with Crippen LogP contribution < -0.4 is 11.1 Å². The molecular formula is C15H22BrIN4O2. The predicted molar refractivity (Wildman–Crippen MR) is 106 cm³/mol. The Morgan fingerprint density at radius 3 is 2.78 bits per heavy atom. The Morgan fingerprint density at radius 1 is 1.43 bits per heavy atom. The van der Waals surface area contributed by atoms with Gasteiger partial charge in [0.25, 0.3) is 0 Å². The van der Waals surface area contributed by atoms with E-state index in [-0.39, 0.29) is 29.9 Å². The largest absolute Gasteiger partial charge is 0.378 e. The van der Waals surface area contributed by atoms with Gasteiger partial charge in [-0.3, -0.25) is 9.79 Å². The number of benzene rings is 1. The maximum atomic E-state index is 11.9. The second-order valence-corrected chi connectivity index (χ2v) is 6.01. The number of halogens is 2. The van der Waals surface area contributed by atoms with Crippen molar-refractivity contribution < 1.29 is 9.53 Å². The lowest BCUT2D eigenvalue weighted by molar-refractivity contribution is -0.116. The number of aliphatic imine (C=N–C) groups is 1. The highest BCUT2D eigenvalue weighted by Crippen LogP contribution is 2.20. The molecule has 0 unspecified atom stereocenters. The number of nitrogens with one attached hydrogen (secondary N) is 1. The maximum absolute atomic E-state index is 11.9. The number of carbonyl (C=O) groups is 1. The first kappa shape index (κ1) is 20.2. The van der Waals surface area contributed by atoms with Crippen molar-refractivity contribution in [2.75, 3.05) is 38.2 Å². The van der Waals surface area contributed by atoms with Crippen molar-refractivity contribution >= 4 is 57.5 Å². The molecule has 0 aliphatic carbocycles. The van der Waals surface area contributed by atoms with Crippen LogP contribution >= 0.6 is 39.9 Å². The number of hydrogen-bond donors (Lipinski definition) is 2. The zero-order chi connectivity index (χ0) is 15.9. The van der Waals surface area contributed by atoms with E-state index in [4.69, 9.17) is 10.5 Å². The van der Waals surface area contributed by atoms with E-state index in [1.54, 1.807) is 0 Å². The summed E-state index contributed by atoms with van der Waals surface area (Å²) in [6.45, 7) is 5.16. The van der Waals surface area contributed by atoms with Crippen LogP contribution in [0.15, 0.2) is 27.7 Å². The van der Waals surface area contributed by atoms with Gasteiger partial charge >= 0.3 is 0 Å². The summed E-state index contributed by atoms with van der Waals surface area (Å²) in [4.78, 5) is 18.2. The lowest BCUT2D eigenvalue weighted by Gasteiger charge is -2.27. The Hall–Kier alpha value is -0.870. The number of nitrogens with zero attached hydrogens (tertiary/aromatic N) is 2. The van der Waals surface area contributed by atoms with Crippen molar-refractivity contribution in [3.8, 4) is 0 Å². The summed E-state index contributed by atoms with van der Waals surface area (Å²) < 4.78 is 6.25. The van der Waals surface area contributed by atoms with Crippen molar-refractivity contribution in [3.05, 3.63) is 28.2 Å². The molecule has 1 saturated heterocycles. The summed E-state index contributed by atoms with van der Waals surface area (Å²) in [5.74, 6) is 0.417. The Bertz CT molecular complexity index is 562. The second kappa shape index (κ2) is 10.1. The zero-order valence-electron chi connectivity index (χ0n) is 13.0. The molecule has 1 fully saturated rings. The van der Waals surface area contributed by atoms with Crippen molar-refractivity contribution in [1.29, 1.82) is 0 Å². The molecule has 0 bridgehead atoms. The van der Waals surface area contributed by atoms with Gasteiger partial charge in [-0.2, -0.15) is 0 Å². The molecule has 3 N–H and O–H groups in total. The number of aryl methyl sites for hydroxylation is 1. The molecule has 1 aromatic rings. The molecule has 0 spiro atoms. The molecular weight excluding hydrogens is 475 g/mol. The number of rotatable bonds is 4. The molecule has 0 atom stereocenters. The van der Waals surface area contributed by atoms with Gasteiger partial charge in [0.2, 0.25) is 5.91 Å². The highest BCUT2D eigenvalue weighted by Gasteiger charge is 2.12. The van der Waals surface area contributed by atoms with Crippen molar-refractivity contribution in [3.63, 3.8) is 0 Å². The molecule has 1 amide bonds. The highest BCUT2D eigenvalue weighted by atomic mass is 127. The van der Waals surface area contributed by atoms with E-state index in [0.717, 1.165) is 28.8 Å². The van der Waals surface area contributed by atoms with E-state index in [0.29, 0.717) is 32.1 Å². The molecule has 1 aromatic carbocycles. The molecule has 1 heterocycles. The number of anilines is 1. The highest BCUT2D eigenvalue weighted by molar-refractivity contribution is 14.0. The van der Waals surface area contributed by atoms with Gasteiger partial charge < -0.3 is 20.7 Å². The first-order valence-electron chi connectivity index (χ1n) is 7.25. The number of morpholine rings is 1. The summed E-state index contributed by atoms with van der Waals surface area (Å²) in [5.41, 5.74) is 7.74. The van der Waals surface area contributed by atoms with Crippen LogP contribution in [0.2, 0.25) is 0 Å². The molecule has 8 heteroatoms. The third-order valence-electron chi connectivity index (χ3n) is 3.41. The van der Waals surface area contributed by atoms with Gasteiger partial charge in [-0.15, -0.1) is 24.0 Å². The third-order valence-corrected chi connectivity index (χ3v) is 3.90. The monoisotopic (exact) mass is 496 g/mol. The number of ether oxygens (including phenoxy) is 1. The molecule has 0 radical (unpaired) electrons. The number of guanidine groups is 1. The van der Waals surface area contributed by atoms with Crippen molar-refractivity contribution in [1.82, 2.24) is 4.90 Å². The van der Waals surface area contributed by atoms with E-state index < -0.39 is 0 Å². The lowest BCUT2D eigenvalue weighted by Crippen LogP contribution is -2.44. The summed E-state index contributed by atoms with van der Waals surface area (Å²) >= 11 is 3.40. The molecule has 23 heavy (non-hydrogen) atoms. The molecule has 1 aliphatic rings. The minimum absolute atomic E-state index is 0. The summed E-state index contributed by atoms with van der Waals surface area (Å²) in [6, 6.07) is 5.74. The quantitative estimate of drug-likeness (QED) is 0.381. The molecule has 2 rings (SSSR count). The van der Waals surface area contributed by atoms with Gasteiger partial charge in [0.05, 0.1) is 19.8 Å². The van der Waals surface area contributed by atoms with Crippen LogP contribution in [0.4, 0.5) is 5.69 Å². The average Bonchev–Trinajstić information content (AvgIpc) is 2.51. The molecule has 0 saturated carbocycles. The Kier molecular flexibility index (Phi) is 8.85. The lowest BCUT2D eigenvalue weighted by atomic mass is 10.2. The maximum Gasteiger partial charge on any atom is 0.226 e. The standard InChI is InChI=1S/C15H21BrN4O2.HI/c1-11-10-12(16)2-3-13(11)19-14(21)4-5-18-15(17)20-6-8-22-9-7-20;/h2-3,10H,4-9H2,1H3,(H2,17,18)(H,19,21);1H. The van der Waals surface area contributed by atoms with E-state index in [1.165, 1.54) is 0 Å². The summed E-state index contributed by atoms with van der Waals surface area (Å²) in [5, 5.41) is 2.89. The van der Waals surface area contributed by atoms with Gasteiger partial charge in [-0.05, 0) is 30.7 Å². The normalized spacial score (nSPS) is 15.0. The van der Waals surface area contributed by atoms with E-state index in [2.05, 4.69) is 26.2 Å². The molecule has 0 aromatic heterocycles. The van der Waals surface area contributed by atoms with E-state index >= 15 is 0 Å². The summed E-state index contributed by atoms with van der Waals surface area (Å²) in [7, 11) is 0. The van der Waals surface area contributed by atoms with Crippen LogP contribution in [-0.2, 0) is 9.53 Å². The van der Waals surface area contributed by atoms with Crippen LogP contribution in [0.3, 0.4) is 0 Å². The fraction of sp³-hybridized carbons (Fsp3) is 0.467. The number of nitrogens with two attached hydrogens (primary N) is 1. The Balaban J connectivity index is 0.00000264. The van der Waals surface area contributed by atoms with Gasteiger partial charge in [0.1, 0.15) is 0 Å². The van der Waals surface area contributed by atoms with Gasteiger partial charge in [0.15, 0.2) is 5.96 Å². The first-order valence-corrected chi connectivity index (χ1v) is 8.04. The van der Waals surface area contributed by atoms with E-state index in [1.807, 2.05) is 30.0 Å². The van der Waals surface area contributed by atoms with Crippen LogP contribution in [-0.4, -0.2) is 49.6 Å². The van der Waals surface area contributed by atoms with Crippen LogP contribution in [0.1, 0.15) is 12.0 Å². The fourth-order valence-corrected chi connectivity index (χ4v) is 2.62. The first-order chi connectivity index (χ1) is 10.6. The zero-order valence-corrected chi connectivity index (χ0v) is 17.0. The van der Waals surface area contributed by atoms with Gasteiger partial charge in [0, 0.05) is 29.7 Å². The van der Waals surface area contributed by atoms with Crippen LogP contribution in [0.5, 0.6) is 0 Å².